The number of carbonyl (C=O) groups is 1. The fourth-order valence-corrected chi connectivity index (χ4v) is 3.36. The summed E-state index contributed by atoms with van der Waals surface area (Å²) in [6.07, 6.45) is 3.38. The third-order valence-electron chi connectivity index (χ3n) is 4.82. The molecule has 1 fully saturated rings. The summed E-state index contributed by atoms with van der Waals surface area (Å²) in [6, 6.07) is 18.1. The number of carbonyl (C=O) groups excluding carboxylic acids is 1. The average molecular weight is 353 g/mol. The van der Waals surface area contributed by atoms with E-state index in [1.807, 2.05) is 18.2 Å². The second-order valence-corrected chi connectivity index (χ2v) is 6.81. The van der Waals surface area contributed by atoms with Crippen LogP contribution >= 0.6 is 0 Å². The third kappa shape index (κ3) is 5.49. The summed E-state index contributed by atoms with van der Waals surface area (Å²) in [5, 5.41) is 9.35. The molecular weight excluding hydrogens is 326 g/mol. The smallest absolute Gasteiger partial charge is 0.319 e. The van der Waals surface area contributed by atoms with Crippen LogP contribution in [0.4, 0.5) is 10.5 Å². The highest BCUT2D eigenvalue weighted by Crippen LogP contribution is 2.19. The molecule has 1 aliphatic rings. The first kappa shape index (κ1) is 18.3. The fourth-order valence-electron chi connectivity index (χ4n) is 3.36. The largest absolute Gasteiger partial charge is 0.497 e. The maximum absolute atomic E-state index is 12.1. The molecular formula is C21H27N3O2. The number of methoxy groups -OCH3 is 1. The summed E-state index contributed by atoms with van der Waals surface area (Å²) in [4.78, 5) is 12.1. The highest BCUT2D eigenvalue weighted by atomic mass is 16.5. The first-order valence-corrected chi connectivity index (χ1v) is 9.19. The number of ether oxygens (including phenoxy) is 1. The molecule has 0 spiro atoms. The van der Waals surface area contributed by atoms with Crippen molar-refractivity contribution in [2.75, 3.05) is 25.5 Å². The molecule has 1 heterocycles. The van der Waals surface area contributed by atoms with Gasteiger partial charge in [0.25, 0.3) is 0 Å². The molecule has 2 amide bonds. The summed E-state index contributed by atoms with van der Waals surface area (Å²) in [7, 11) is 1.61. The molecule has 2 aromatic rings. The SMILES string of the molecule is COc1cccc(NC(=O)NC[C@H]2CC[C@@H](Cc3ccccc3)CN2)c1. The summed E-state index contributed by atoms with van der Waals surface area (Å²) in [5.74, 6) is 1.39. The minimum Gasteiger partial charge on any atom is -0.497 e. The number of hydrogen-bond donors (Lipinski definition) is 3. The van der Waals surface area contributed by atoms with Gasteiger partial charge in [0.1, 0.15) is 5.75 Å². The number of piperidine rings is 1. The van der Waals surface area contributed by atoms with Crippen LogP contribution in [-0.4, -0.2) is 32.3 Å². The van der Waals surface area contributed by atoms with Gasteiger partial charge in [0.05, 0.1) is 7.11 Å². The van der Waals surface area contributed by atoms with Crippen molar-refractivity contribution >= 4 is 11.7 Å². The van der Waals surface area contributed by atoms with Crippen molar-refractivity contribution in [3.05, 3.63) is 60.2 Å². The van der Waals surface area contributed by atoms with Crippen molar-refractivity contribution in [3.8, 4) is 5.75 Å². The van der Waals surface area contributed by atoms with Crippen LogP contribution in [0.1, 0.15) is 18.4 Å². The van der Waals surface area contributed by atoms with Crippen LogP contribution in [0.3, 0.4) is 0 Å². The zero-order valence-corrected chi connectivity index (χ0v) is 15.2. The molecule has 2 aromatic carbocycles. The van der Waals surface area contributed by atoms with E-state index in [4.69, 9.17) is 4.74 Å². The van der Waals surface area contributed by atoms with Crippen LogP contribution in [0.25, 0.3) is 0 Å². The van der Waals surface area contributed by atoms with Gasteiger partial charge in [0, 0.05) is 24.3 Å². The van der Waals surface area contributed by atoms with E-state index >= 15 is 0 Å². The number of anilines is 1. The highest BCUT2D eigenvalue weighted by molar-refractivity contribution is 5.89. The number of nitrogens with one attached hydrogen (secondary N) is 3. The predicted octanol–water partition coefficient (Wildman–Crippen LogP) is 3.43. The normalized spacial score (nSPS) is 19.6. The Kier molecular flexibility index (Phi) is 6.50. The lowest BCUT2D eigenvalue weighted by Crippen LogP contribution is -2.47. The number of hydrogen-bond acceptors (Lipinski definition) is 3. The quantitative estimate of drug-likeness (QED) is 0.746. The van der Waals surface area contributed by atoms with Gasteiger partial charge >= 0.3 is 6.03 Å². The zero-order chi connectivity index (χ0) is 18.2. The Labute approximate surface area is 155 Å². The van der Waals surface area contributed by atoms with E-state index in [1.54, 1.807) is 13.2 Å². The number of urea groups is 1. The van der Waals surface area contributed by atoms with Gasteiger partial charge in [0.15, 0.2) is 0 Å². The van der Waals surface area contributed by atoms with E-state index < -0.39 is 0 Å². The third-order valence-corrected chi connectivity index (χ3v) is 4.82. The molecule has 0 radical (unpaired) electrons. The molecule has 0 bridgehead atoms. The first-order valence-electron chi connectivity index (χ1n) is 9.19. The van der Waals surface area contributed by atoms with E-state index in [0.29, 0.717) is 18.5 Å². The van der Waals surface area contributed by atoms with Gasteiger partial charge in [-0.05, 0) is 49.4 Å². The molecule has 0 saturated carbocycles. The molecule has 0 aromatic heterocycles. The molecule has 138 valence electrons. The average Bonchev–Trinajstić information content (AvgIpc) is 2.68. The van der Waals surface area contributed by atoms with Crippen LogP contribution in [0.5, 0.6) is 5.75 Å². The molecule has 5 heteroatoms. The molecule has 0 aliphatic carbocycles. The monoisotopic (exact) mass is 353 g/mol. The lowest BCUT2D eigenvalue weighted by atomic mass is 9.89. The summed E-state index contributed by atoms with van der Waals surface area (Å²) in [6.45, 7) is 1.63. The standard InChI is InChI=1S/C21H27N3O2/c1-26-20-9-5-8-18(13-20)24-21(25)23-15-19-11-10-17(14-22-19)12-16-6-3-2-4-7-16/h2-9,13,17,19,22H,10-12,14-15H2,1H3,(H2,23,24,25)/t17-,19+/m0/s1. The first-order chi connectivity index (χ1) is 12.7. The van der Waals surface area contributed by atoms with Crippen LogP contribution < -0.4 is 20.7 Å². The van der Waals surface area contributed by atoms with Crippen molar-refractivity contribution in [1.82, 2.24) is 10.6 Å². The lowest BCUT2D eigenvalue weighted by molar-refractivity contribution is 0.247. The van der Waals surface area contributed by atoms with Crippen LogP contribution in [0.15, 0.2) is 54.6 Å². The molecule has 2 atom stereocenters. The van der Waals surface area contributed by atoms with Crippen LogP contribution in [-0.2, 0) is 6.42 Å². The lowest BCUT2D eigenvalue weighted by Gasteiger charge is -2.30. The van der Waals surface area contributed by atoms with Gasteiger partial charge in [-0.3, -0.25) is 0 Å². The molecule has 5 nitrogen and oxygen atoms in total. The number of benzene rings is 2. The van der Waals surface area contributed by atoms with Crippen molar-refractivity contribution in [2.45, 2.75) is 25.3 Å². The maximum atomic E-state index is 12.1. The summed E-state index contributed by atoms with van der Waals surface area (Å²) >= 11 is 0. The molecule has 3 rings (SSSR count). The number of rotatable bonds is 6. The Balaban J connectivity index is 1.37. The van der Waals surface area contributed by atoms with E-state index in [9.17, 15) is 4.79 Å². The van der Waals surface area contributed by atoms with Crippen LogP contribution in [0.2, 0.25) is 0 Å². The van der Waals surface area contributed by atoms with Crippen molar-refractivity contribution in [1.29, 1.82) is 0 Å². The second kappa shape index (κ2) is 9.25. The van der Waals surface area contributed by atoms with Gasteiger partial charge in [0.2, 0.25) is 0 Å². The van der Waals surface area contributed by atoms with Gasteiger partial charge in [-0.25, -0.2) is 4.79 Å². The number of amides is 2. The Bertz CT molecular complexity index is 697. The molecule has 3 N–H and O–H groups in total. The van der Waals surface area contributed by atoms with Gasteiger partial charge in [-0.1, -0.05) is 36.4 Å². The van der Waals surface area contributed by atoms with E-state index in [0.717, 1.165) is 30.8 Å². The molecule has 26 heavy (non-hydrogen) atoms. The van der Waals surface area contributed by atoms with Gasteiger partial charge in [-0.2, -0.15) is 0 Å². The zero-order valence-electron chi connectivity index (χ0n) is 15.2. The van der Waals surface area contributed by atoms with Gasteiger partial charge in [-0.15, -0.1) is 0 Å². The van der Waals surface area contributed by atoms with E-state index in [2.05, 4.69) is 46.3 Å². The topological polar surface area (TPSA) is 62.4 Å². The maximum Gasteiger partial charge on any atom is 0.319 e. The minimum atomic E-state index is -0.188. The summed E-state index contributed by atoms with van der Waals surface area (Å²) < 4.78 is 5.16. The Morgan fingerprint density at radius 3 is 2.73 bits per heavy atom. The highest BCUT2D eigenvalue weighted by Gasteiger charge is 2.21. The second-order valence-electron chi connectivity index (χ2n) is 6.81. The predicted molar refractivity (Wildman–Crippen MR) is 105 cm³/mol. The fraction of sp³-hybridized carbons (Fsp3) is 0.381. The van der Waals surface area contributed by atoms with Crippen LogP contribution in [0, 0.1) is 5.92 Å². The Hall–Kier alpha value is -2.53. The van der Waals surface area contributed by atoms with Crippen molar-refractivity contribution in [3.63, 3.8) is 0 Å². The van der Waals surface area contributed by atoms with Crippen molar-refractivity contribution in [2.24, 2.45) is 5.92 Å². The van der Waals surface area contributed by atoms with Crippen molar-refractivity contribution < 1.29 is 9.53 Å². The van der Waals surface area contributed by atoms with E-state index in [-0.39, 0.29) is 6.03 Å². The Morgan fingerprint density at radius 1 is 1.15 bits per heavy atom. The Morgan fingerprint density at radius 2 is 2.00 bits per heavy atom. The van der Waals surface area contributed by atoms with Gasteiger partial charge < -0.3 is 20.7 Å². The van der Waals surface area contributed by atoms with E-state index in [1.165, 1.54) is 12.0 Å². The minimum absolute atomic E-state index is 0.188. The molecule has 0 unspecified atom stereocenters. The summed E-state index contributed by atoms with van der Waals surface area (Å²) in [5.41, 5.74) is 2.12. The molecule has 1 aliphatic heterocycles. The molecule has 1 saturated heterocycles.